The fourth-order valence-electron chi connectivity index (χ4n) is 2.24. The molecular formula is C17H14F6O3. The van der Waals surface area contributed by atoms with Crippen molar-refractivity contribution in [2.75, 3.05) is 6.61 Å². The molecule has 0 spiro atoms. The normalized spacial score (nSPS) is 12.3. The highest BCUT2D eigenvalue weighted by Gasteiger charge is 2.32. The lowest BCUT2D eigenvalue weighted by Crippen LogP contribution is -2.17. The molecule has 0 bridgehead atoms. The maximum Gasteiger partial charge on any atom is 0.573 e. The van der Waals surface area contributed by atoms with Crippen LogP contribution in [0.25, 0.3) is 0 Å². The van der Waals surface area contributed by atoms with E-state index in [2.05, 4.69) is 9.47 Å². The summed E-state index contributed by atoms with van der Waals surface area (Å²) in [6.07, 6.45) is -10.3. The van der Waals surface area contributed by atoms with Gasteiger partial charge in [-0.15, -0.1) is 26.3 Å². The van der Waals surface area contributed by atoms with Crippen molar-refractivity contribution < 1.29 is 40.6 Å². The molecular weight excluding hydrogens is 366 g/mol. The Kier molecular flexibility index (Phi) is 6.01. The molecule has 26 heavy (non-hydrogen) atoms. The Morgan fingerprint density at radius 1 is 0.692 bits per heavy atom. The van der Waals surface area contributed by atoms with Gasteiger partial charge in [-0.3, -0.25) is 0 Å². The average molecular weight is 380 g/mol. The Morgan fingerprint density at radius 3 is 1.31 bits per heavy atom. The zero-order valence-electron chi connectivity index (χ0n) is 13.4. The maximum atomic E-state index is 12.2. The van der Waals surface area contributed by atoms with Crippen LogP contribution < -0.4 is 9.47 Å². The molecule has 0 aliphatic carbocycles. The minimum atomic E-state index is -4.80. The molecule has 0 atom stereocenters. The topological polar surface area (TPSA) is 27.7 Å². The van der Waals surface area contributed by atoms with E-state index in [1.807, 2.05) is 0 Å². The standard InChI is InChI=1S/C17H14F6O3/c1-2-24-15(11-3-7-13(8-4-11)25-16(18,19)20)12-5-9-14(10-6-12)26-17(21,22)23/h3-10,15H,2H2,1H3. The summed E-state index contributed by atoms with van der Waals surface area (Å²) in [7, 11) is 0. The maximum absolute atomic E-state index is 12.2. The Hall–Kier alpha value is -2.42. The van der Waals surface area contributed by atoms with Gasteiger partial charge in [0, 0.05) is 6.61 Å². The van der Waals surface area contributed by atoms with Crippen molar-refractivity contribution in [2.45, 2.75) is 25.8 Å². The molecule has 2 aromatic carbocycles. The van der Waals surface area contributed by atoms with Gasteiger partial charge in [-0.05, 0) is 42.3 Å². The molecule has 0 aliphatic rings. The lowest BCUT2D eigenvalue weighted by molar-refractivity contribution is -0.275. The summed E-state index contributed by atoms with van der Waals surface area (Å²) in [6.45, 7) is 2.00. The zero-order chi connectivity index (χ0) is 19.4. The third kappa shape index (κ3) is 6.14. The van der Waals surface area contributed by atoms with Crippen LogP contribution in [0, 0.1) is 0 Å². The molecule has 9 heteroatoms. The van der Waals surface area contributed by atoms with E-state index in [0.717, 1.165) is 24.3 Å². The van der Waals surface area contributed by atoms with Gasteiger partial charge >= 0.3 is 12.7 Å². The number of hydrogen-bond donors (Lipinski definition) is 0. The van der Waals surface area contributed by atoms with Crippen molar-refractivity contribution in [1.82, 2.24) is 0 Å². The van der Waals surface area contributed by atoms with E-state index in [4.69, 9.17) is 4.74 Å². The minimum Gasteiger partial charge on any atom is -0.406 e. The first-order valence-electron chi connectivity index (χ1n) is 7.40. The van der Waals surface area contributed by atoms with Crippen LogP contribution in [-0.4, -0.2) is 19.3 Å². The second-order valence-electron chi connectivity index (χ2n) is 5.07. The van der Waals surface area contributed by atoms with Crippen LogP contribution in [0.1, 0.15) is 24.2 Å². The molecule has 2 aromatic rings. The zero-order valence-corrected chi connectivity index (χ0v) is 13.4. The Balaban J connectivity index is 2.20. The molecule has 0 fully saturated rings. The van der Waals surface area contributed by atoms with Gasteiger partial charge in [0.25, 0.3) is 0 Å². The van der Waals surface area contributed by atoms with Crippen molar-refractivity contribution in [3.05, 3.63) is 59.7 Å². The van der Waals surface area contributed by atoms with E-state index in [1.54, 1.807) is 6.92 Å². The Bertz CT molecular complexity index is 633. The Labute approximate surface area is 145 Å². The highest BCUT2D eigenvalue weighted by atomic mass is 19.4. The highest BCUT2D eigenvalue weighted by molar-refractivity contribution is 5.36. The van der Waals surface area contributed by atoms with Crippen LogP contribution >= 0.6 is 0 Å². The molecule has 0 radical (unpaired) electrons. The SMILES string of the molecule is CCOC(c1ccc(OC(F)(F)F)cc1)c1ccc(OC(F)(F)F)cc1. The van der Waals surface area contributed by atoms with Crippen LogP contribution in [0.4, 0.5) is 26.3 Å². The molecule has 142 valence electrons. The van der Waals surface area contributed by atoms with Crippen LogP contribution in [-0.2, 0) is 4.74 Å². The summed E-state index contributed by atoms with van der Waals surface area (Å²) >= 11 is 0. The monoisotopic (exact) mass is 380 g/mol. The van der Waals surface area contributed by atoms with Gasteiger partial charge in [0.15, 0.2) is 0 Å². The summed E-state index contributed by atoms with van der Waals surface area (Å²) in [5.74, 6) is -0.768. The van der Waals surface area contributed by atoms with Crippen LogP contribution in [0.3, 0.4) is 0 Å². The number of halogens is 6. The number of alkyl halides is 6. The average Bonchev–Trinajstić information content (AvgIpc) is 2.52. The van der Waals surface area contributed by atoms with E-state index in [-0.39, 0.29) is 18.1 Å². The van der Waals surface area contributed by atoms with E-state index < -0.39 is 18.8 Å². The molecule has 0 saturated heterocycles. The van der Waals surface area contributed by atoms with Gasteiger partial charge in [-0.25, -0.2) is 0 Å². The van der Waals surface area contributed by atoms with Crippen molar-refractivity contribution in [3.8, 4) is 11.5 Å². The molecule has 0 amide bonds. The van der Waals surface area contributed by atoms with E-state index in [1.165, 1.54) is 24.3 Å². The first-order valence-corrected chi connectivity index (χ1v) is 7.40. The number of benzene rings is 2. The van der Waals surface area contributed by atoms with Crippen molar-refractivity contribution in [1.29, 1.82) is 0 Å². The second-order valence-corrected chi connectivity index (χ2v) is 5.07. The molecule has 0 aliphatic heterocycles. The molecule has 2 rings (SSSR count). The summed E-state index contributed by atoms with van der Waals surface area (Å²) in [5, 5.41) is 0. The first kappa shape index (κ1) is 19.9. The van der Waals surface area contributed by atoms with Gasteiger partial charge in [0.2, 0.25) is 0 Å². The molecule has 0 saturated carbocycles. The van der Waals surface area contributed by atoms with Gasteiger partial charge in [-0.1, -0.05) is 24.3 Å². The number of hydrogen-bond acceptors (Lipinski definition) is 3. The largest absolute Gasteiger partial charge is 0.573 e. The lowest BCUT2D eigenvalue weighted by Gasteiger charge is -2.19. The molecule has 0 N–H and O–H groups in total. The van der Waals surface area contributed by atoms with E-state index in [9.17, 15) is 26.3 Å². The number of ether oxygens (including phenoxy) is 3. The van der Waals surface area contributed by atoms with Crippen LogP contribution in [0.15, 0.2) is 48.5 Å². The highest BCUT2D eigenvalue weighted by Crippen LogP contribution is 2.31. The van der Waals surface area contributed by atoms with E-state index in [0.29, 0.717) is 11.1 Å². The third-order valence-corrected chi connectivity index (χ3v) is 3.17. The summed E-state index contributed by atoms with van der Waals surface area (Å²) < 4.78 is 86.4. The van der Waals surface area contributed by atoms with Gasteiger partial charge in [0.1, 0.15) is 17.6 Å². The lowest BCUT2D eigenvalue weighted by atomic mass is 10.0. The van der Waals surface area contributed by atoms with Crippen LogP contribution in [0.2, 0.25) is 0 Å². The molecule has 0 unspecified atom stereocenters. The Morgan fingerprint density at radius 2 is 1.04 bits per heavy atom. The van der Waals surface area contributed by atoms with Crippen molar-refractivity contribution >= 4 is 0 Å². The number of rotatable bonds is 6. The first-order chi connectivity index (χ1) is 12.1. The van der Waals surface area contributed by atoms with Gasteiger partial charge in [-0.2, -0.15) is 0 Å². The quantitative estimate of drug-likeness (QED) is 0.610. The smallest absolute Gasteiger partial charge is 0.406 e. The van der Waals surface area contributed by atoms with E-state index >= 15 is 0 Å². The fraction of sp³-hybridized carbons (Fsp3) is 0.294. The van der Waals surface area contributed by atoms with Crippen molar-refractivity contribution in [3.63, 3.8) is 0 Å². The predicted octanol–water partition coefficient (Wildman–Crippen LogP) is 5.61. The van der Waals surface area contributed by atoms with Gasteiger partial charge in [0.05, 0.1) is 0 Å². The summed E-state index contributed by atoms with van der Waals surface area (Å²) in [5.41, 5.74) is 1.04. The molecule has 0 heterocycles. The second kappa shape index (κ2) is 7.86. The minimum absolute atomic E-state index is 0.284. The van der Waals surface area contributed by atoms with Gasteiger partial charge < -0.3 is 14.2 Å². The summed E-state index contributed by atoms with van der Waals surface area (Å²) in [6, 6.07) is 10.1. The summed E-state index contributed by atoms with van der Waals surface area (Å²) in [4.78, 5) is 0. The molecule has 3 nitrogen and oxygen atoms in total. The van der Waals surface area contributed by atoms with Crippen LogP contribution in [0.5, 0.6) is 11.5 Å². The third-order valence-electron chi connectivity index (χ3n) is 3.17. The molecule has 0 aromatic heterocycles. The van der Waals surface area contributed by atoms with Crippen molar-refractivity contribution in [2.24, 2.45) is 0 Å². The predicted molar refractivity (Wildman–Crippen MR) is 79.7 cm³/mol. The fourth-order valence-corrected chi connectivity index (χ4v) is 2.24.